The zero-order valence-corrected chi connectivity index (χ0v) is 20.5. The Kier molecular flexibility index (Phi) is 6.29. The van der Waals surface area contributed by atoms with E-state index in [1.165, 1.54) is 30.7 Å². The highest BCUT2D eigenvalue weighted by molar-refractivity contribution is 6.08. The van der Waals surface area contributed by atoms with Crippen molar-refractivity contribution < 1.29 is 18.3 Å². The van der Waals surface area contributed by atoms with Gasteiger partial charge in [0.1, 0.15) is 17.8 Å². The number of nitrogens with two attached hydrogens (primary N) is 1. The Morgan fingerprint density at radius 1 is 1.03 bits per heavy atom. The van der Waals surface area contributed by atoms with Gasteiger partial charge in [0, 0.05) is 36.1 Å². The van der Waals surface area contributed by atoms with E-state index in [1.54, 1.807) is 54.9 Å². The Balaban J connectivity index is 1.66. The van der Waals surface area contributed by atoms with Crippen LogP contribution < -0.4 is 15.8 Å². The minimum Gasteiger partial charge on any atom is -0.433 e. The predicted molar refractivity (Wildman–Crippen MR) is 141 cm³/mol. The summed E-state index contributed by atoms with van der Waals surface area (Å²) in [6, 6.07) is 14.2. The number of nitrogens with one attached hydrogen (secondary N) is 1. The fourth-order valence-corrected chi connectivity index (χ4v) is 4.16. The highest BCUT2D eigenvalue weighted by Gasteiger charge is 2.24. The van der Waals surface area contributed by atoms with E-state index in [-0.39, 0.29) is 23.2 Å². The lowest BCUT2D eigenvalue weighted by Crippen LogP contribution is -2.11. The number of anilines is 2. The number of nitrogen functional groups attached to an aromatic ring is 1. The number of aromatic nitrogens is 4. The lowest BCUT2D eigenvalue weighted by atomic mass is 9.98. The quantitative estimate of drug-likeness (QED) is 0.276. The number of aryl methyl sites for hydroxylation is 1. The van der Waals surface area contributed by atoms with Crippen LogP contribution in [0.3, 0.4) is 0 Å². The molecular formula is C28H22F2N6O2. The Labute approximate surface area is 216 Å². The van der Waals surface area contributed by atoms with Gasteiger partial charge in [-0.25, -0.2) is 23.7 Å². The molecule has 0 aliphatic rings. The summed E-state index contributed by atoms with van der Waals surface area (Å²) in [5.74, 6) is -2.49. The van der Waals surface area contributed by atoms with E-state index in [0.717, 1.165) is 0 Å². The van der Waals surface area contributed by atoms with Crippen molar-refractivity contribution in [3.8, 4) is 34.0 Å². The maximum atomic E-state index is 15.3. The number of hydrogen-bond acceptors (Lipinski definition) is 6. The van der Waals surface area contributed by atoms with Crippen LogP contribution in [0.4, 0.5) is 20.3 Å². The lowest BCUT2D eigenvalue weighted by Gasteiger charge is -2.12. The Bertz CT molecular complexity index is 1680. The summed E-state index contributed by atoms with van der Waals surface area (Å²) < 4.78 is 37.7. The smallest absolute Gasteiger partial charge is 0.250 e. The number of carbonyl (C=O) groups is 1. The number of pyridine rings is 1. The second kappa shape index (κ2) is 9.74. The van der Waals surface area contributed by atoms with Gasteiger partial charge in [-0.3, -0.25) is 4.79 Å². The summed E-state index contributed by atoms with van der Waals surface area (Å²) in [6.45, 7) is 5.25. The van der Waals surface area contributed by atoms with Crippen molar-refractivity contribution in [2.75, 3.05) is 11.1 Å². The van der Waals surface area contributed by atoms with Crippen LogP contribution in [0.1, 0.15) is 6.92 Å². The number of carbonyl (C=O) groups excluding carboxylic acids is 1. The lowest BCUT2D eigenvalue weighted by molar-refractivity contribution is -0.112. The Morgan fingerprint density at radius 2 is 1.74 bits per heavy atom. The highest BCUT2D eigenvalue weighted by atomic mass is 19.1. The van der Waals surface area contributed by atoms with Crippen molar-refractivity contribution in [1.29, 1.82) is 0 Å². The molecule has 0 aliphatic carbocycles. The second-order valence-corrected chi connectivity index (χ2v) is 8.59. The van der Waals surface area contributed by atoms with E-state index in [2.05, 4.69) is 26.8 Å². The van der Waals surface area contributed by atoms with E-state index in [0.29, 0.717) is 39.1 Å². The summed E-state index contributed by atoms with van der Waals surface area (Å²) in [7, 11) is 1.77. The molecule has 3 heterocycles. The Hall–Kier alpha value is -5.12. The molecule has 10 heteroatoms. The molecule has 0 saturated heterocycles. The predicted octanol–water partition coefficient (Wildman–Crippen LogP) is 5.86. The van der Waals surface area contributed by atoms with Gasteiger partial charge >= 0.3 is 0 Å². The summed E-state index contributed by atoms with van der Waals surface area (Å²) in [4.78, 5) is 24.4. The van der Waals surface area contributed by atoms with E-state index >= 15 is 8.78 Å². The molecule has 3 N–H and O–H groups in total. The SMILES string of the molecule is C=C(C)C(=O)Nc1ccc(-c2c(-c3cc(F)c(Oc4ccccn4)c(F)c3)c3c(N)ncnc3n2C)cc1. The molecule has 0 unspecified atom stereocenters. The van der Waals surface area contributed by atoms with Gasteiger partial charge in [-0.2, -0.15) is 0 Å². The van der Waals surface area contributed by atoms with Gasteiger partial charge in [0.15, 0.2) is 11.6 Å². The van der Waals surface area contributed by atoms with Crippen LogP contribution in [0.15, 0.2) is 79.3 Å². The number of ether oxygens (including phenoxy) is 1. The van der Waals surface area contributed by atoms with E-state index < -0.39 is 17.4 Å². The van der Waals surface area contributed by atoms with Gasteiger partial charge in [-0.05, 0) is 48.4 Å². The van der Waals surface area contributed by atoms with Gasteiger partial charge in [-0.1, -0.05) is 24.8 Å². The molecule has 1 amide bonds. The third-order valence-electron chi connectivity index (χ3n) is 5.93. The molecule has 0 bridgehead atoms. The molecule has 5 rings (SSSR count). The van der Waals surface area contributed by atoms with E-state index in [9.17, 15) is 4.79 Å². The molecule has 0 radical (unpaired) electrons. The van der Waals surface area contributed by atoms with Crippen molar-refractivity contribution >= 4 is 28.4 Å². The molecule has 0 fully saturated rings. The van der Waals surface area contributed by atoms with Crippen molar-refractivity contribution in [2.45, 2.75) is 6.92 Å². The molecule has 2 aromatic carbocycles. The van der Waals surface area contributed by atoms with Crippen LogP contribution >= 0.6 is 0 Å². The first-order chi connectivity index (χ1) is 18.2. The molecule has 0 saturated carbocycles. The highest BCUT2D eigenvalue weighted by Crippen LogP contribution is 2.43. The molecule has 5 aromatic rings. The normalized spacial score (nSPS) is 10.9. The maximum absolute atomic E-state index is 15.3. The van der Waals surface area contributed by atoms with Gasteiger partial charge in [0.2, 0.25) is 11.6 Å². The zero-order chi connectivity index (χ0) is 27.0. The summed E-state index contributed by atoms with van der Waals surface area (Å²) in [5, 5.41) is 3.20. The van der Waals surface area contributed by atoms with Gasteiger partial charge in [0.25, 0.3) is 5.91 Å². The van der Waals surface area contributed by atoms with Gasteiger partial charge in [-0.15, -0.1) is 0 Å². The first-order valence-corrected chi connectivity index (χ1v) is 11.5. The van der Waals surface area contributed by atoms with Crippen LogP contribution in [0.25, 0.3) is 33.4 Å². The summed E-state index contributed by atoms with van der Waals surface area (Å²) >= 11 is 0. The minimum atomic E-state index is -0.915. The molecule has 3 aromatic heterocycles. The fourth-order valence-electron chi connectivity index (χ4n) is 4.16. The topological polar surface area (TPSA) is 108 Å². The molecule has 0 spiro atoms. The number of nitrogens with zero attached hydrogens (tertiary/aromatic N) is 4. The number of benzene rings is 2. The van der Waals surface area contributed by atoms with Crippen molar-refractivity contribution in [2.24, 2.45) is 7.05 Å². The van der Waals surface area contributed by atoms with Crippen LogP contribution in [0.5, 0.6) is 11.6 Å². The third-order valence-corrected chi connectivity index (χ3v) is 5.93. The molecule has 0 aliphatic heterocycles. The number of halogens is 2. The standard InChI is InChI=1S/C28H22F2N6O2/c1-15(2)28(37)35-18-9-7-16(8-10-18)24-22(23-26(31)33-14-34-27(23)36(24)3)17-12-19(29)25(20(30)13-17)38-21-6-4-5-11-32-21/h4-14H,1H2,2-3H3,(H,35,37)(H2,31,33,34). The molecule has 0 atom stereocenters. The number of fused-ring (bicyclic) bond motifs is 1. The molecule has 8 nitrogen and oxygen atoms in total. The first-order valence-electron chi connectivity index (χ1n) is 11.5. The van der Waals surface area contributed by atoms with Crippen LogP contribution in [-0.4, -0.2) is 25.4 Å². The van der Waals surface area contributed by atoms with Crippen molar-refractivity contribution in [1.82, 2.24) is 19.5 Å². The number of rotatable bonds is 6. The third kappa shape index (κ3) is 4.43. The zero-order valence-electron chi connectivity index (χ0n) is 20.5. The van der Waals surface area contributed by atoms with E-state index in [1.807, 2.05) is 0 Å². The van der Waals surface area contributed by atoms with Crippen molar-refractivity contribution in [3.63, 3.8) is 0 Å². The minimum absolute atomic E-state index is 0.0559. The van der Waals surface area contributed by atoms with Crippen LogP contribution in [0, 0.1) is 11.6 Å². The van der Waals surface area contributed by atoms with Crippen molar-refractivity contribution in [3.05, 3.63) is 90.9 Å². The molecule has 38 heavy (non-hydrogen) atoms. The fraction of sp³-hybridized carbons (Fsp3) is 0.0714. The number of amides is 1. The second-order valence-electron chi connectivity index (χ2n) is 8.59. The average Bonchev–Trinajstić information content (AvgIpc) is 3.20. The van der Waals surface area contributed by atoms with E-state index in [4.69, 9.17) is 10.5 Å². The summed E-state index contributed by atoms with van der Waals surface area (Å²) in [5.41, 5.74) is 9.61. The molecule has 190 valence electrons. The first kappa shape index (κ1) is 24.6. The van der Waals surface area contributed by atoms with Crippen LogP contribution in [-0.2, 0) is 11.8 Å². The number of hydrogen-bond donors (Lipinski definition) is 2. The summed E-state index contributed by atoms with van der Waals surface area (Å²) in [6.07, 6.45) is 2.78. The average molecular weight is 513 g/mol. The largest absolute Gasteiger partial charge is 0.433 e. The monoisotopic (exact) mass is 512 g/mol. The van der Waals surface area contributed by atoms with Gasteiger partial charge < -0.3 is 20.4 Å². The maximum Gasteiger partial charge on any atom is 0.250 e. The van der Waals surface area contributed by atoms with Gasteiger partial charge in [0.05, 0.1) is 11.1 Å². The van der Waals surface area contributed by atoms with Crippen LogP contribution in [0.2, 0.25) is 0 Å². The Morgan fingerprint density at radius 3 is 2.37 bits per heavy atom. The molecular weight excluding hydrogens is 490 g/mol.